The summed E-state index contributed by atoms with van der Waals surface area (Å²) in [6, 6.07) is 9.42. The predicted octanol–water partition coefficient (Wildman–Crippen LogP) is 5.28. The van der Waals surface area contributed by atoms with Crippen molar-refractivity contribution in [1.82, 2.24) is 10.2 Å². The molecule has 1 fully saturated rings. The Balaban J connectivity index is 1.67. The van der Waals surface area contributed by atoms with E-state index in [2.05, 4.69) is 33.9 Å². The number of rotatable bonds is 5. The van der Waals surface area contributed by atoms with Crippen molar-refractivity contribution in [3.63, 3.8) is 0 Å². The average Bonchev–Trinajstić information content (AvgIpc) is 3.29. The highest BCUT2D eigenvalue weighted by Gasteiger charge is 2.31. The molecule has 1 aromatic heterocycles. The number of thiophene rings is 1. The van der Waals surface area contributed by atoms with Gasteiger partial charge in [-0.2, -0.15) is 13.2 Å². The summed E-state index contributed by atoms with van der Waals surface area (Å²) in [6.07, 6.45) is -2.01. The summed E-state index contributed by atoms with van der Waals surface area (Å²) in [5.41, 5.74) is -0.375. The van der Waals surface area contributed by atoms with Crippen molar-refractivity contribution in [2.75, 3.05) is 18.4 Å². The Morgan fingerprint density at radius 1 is 1.19 bits per heavy atom. The maximum Gasteiger partial charge on any atom is 0.416 e. The molecule has 2 heterocycles. The number of nitrogens with one attached hydrogen (secondary N) is 2. The molecule has 3 rings (SSSR count). The van der Waals surface area contributed by atoms with Crippen LogP contribution in [0.25, 0.3) is 0 Å². The number of thiocarbonyl (C=S) groups is 1. The van der Waals surface area contributed by atoms with Crippen molar-refractivity contribution in [2.45, 2.75) is 38.0 Å². The lowest BCUT2D eigenvalue weighted by Crippen LogP contribution is -2.45. The fourth-order valence-corrected chi connectivity index (χ4v) is 4.72. The molecule has 3 nitrogen and oxygen atoms in total. The lowest BCUT2D eigenvalue weighted by Gasteiger charge is -2.33. The maximum absolute atomic E-state index is 12.9. The van der Waals surface area contributed by atoms with Crippen LogP contribution in [0.4, 0.5) is 18.9 Å². The molecule has 27 heavy (non-hydrogen) atoms. The third-order valence-corrected chi connectivity index (χ3v) is 5.81. The Hall–Kier alpha value is -1.64. The van der Waals surface area contributed by atoms with E-state index in [1.165, 1.54) is 23.8 Å². The van der Waals surface area contributed by atoms with E-state index in [0.717, 1.165) is 25.2 Å². The predicted molar refractivity (Wildman–Crippen MR) is 108 cm³/mol. The molecule has 0 aliphatic carbocycles. The van der Waals surface area contributed by atoms with Crippen molar-refractivity contribution >= 4 is 34.4 Å². The van der Waals surface area contributed by atoms with Gasteiger partial charge in [0.15, 0.2) is 5.11 Å². The van der Waals surface area contributed by atoms with Gasteiger partial charge in [-0.05, 0) is 74.7 Å². The smallest absolute Gasteiger partial charge is 0.358 e. The second kappa shape index (κ2) is 8.58. The van der Waals surface area contributed by atoms with Gasteiger partial charge >= 0.3 is 6.18 Å². The van der Waals surface area contributed by atoms with Crippen LogP contribution in [0.3, 0.4) is 0 Å². The molecule has 1 aliphatic heterocycles. The van der Waals surface area contributed by atoms with E-state index in [-0.39, 0.29) is 12.1 Å². The van der Waals surface area contributed by atoms with Crippen molar-refractivity contribution in [1.29, 1.82) is 0 Å². The quantitative estimate of drug-likeness (QED) is 0.653. The molecule has 0 amide bonds. The highest BCUT2D eigenvalue weighted by molar-refractivity contribution is 7.80. The van der Waals surface area contributed by atoms with Gasteiger partial charge in [-0.1, -0.05) is 12.1 Å². The summed E-state index contributed by atoms with van der Waals surface area (Å²) in [6.45, 7) is 4.15. The van der Waals surface area contributed by atoms with Gasteiger partial charge in [0, 0.05) is 16.6 Å². The first kappa shape index (κ1) is 20.1. The largest absolute Gasteiger partial charge is 0.416 e. The molecule has 1 saturated heterocycles. The highest BCUT2D eigenvalue weighted by atomic mass is 32.1. The van der Waals surface area contributed by atoms with E-state index in [0.29, 0.717) is 10.8 Å². The monoisotopic (exact) mass is 413 g/mol. The van der Waals surface area contributed by atoms with Crippen molar-refractivity contribution in [3.05, 3.63) is 52.2 Å². The van der Waals surface area contributed by atoms with Crippen LogP contribution in [0, 0.1) is 0 Å². The zero-order valence-electron chi connectivity index (χ0n) is 14.9. The first-order valence-electron chi connectivity index (χ1n) is 8.87. The lowest BCUT2D eigenvalue weighted by atomic mass is 10.1. The number of nitrogens with zero attached hydrogens (tertiary/aromatic N) is 1. The molecule has 0 saturated carbocycles. The van der Waals surface area contributed by atoms with Crippen LogP contribution in [0.5, 0.6) is 0 Å². The Morgan fingerprint density at radius 3 is 2.56 bits per heavy atom. The third kappa shape index (κ3) is 5.21. The number of benzene rings is 1. The maximum atomic E-state index is 12.9. The van der Waals surface area contributed by atoms with Crippen molar-refractivity contribution in [2.24, 2.45) is 0 Å². The zero-order valence-corrected chi connectivity index (χ0v) is 16.6. The van der Waals surface area contributed by atoms with Gasteiger partial charge in [-0.25, -0.2) is 0 Å². The molecule has 8 heteroatoms. The number of hydrogen-bond donors (Lipinski definition) is 2. The first-order chi connectivity index (χ1) is 12.8. The Kier molecular flexibility index (Phi) is 6.39. The fourth-order valence-electron chi connectivity index (χ4n) is 3.45. The normalized spacial score (nSPS) is 17.5. The van der Waals surface area contributed by atoms with Crippen LogP contribution in [0.2, 0.25) is 0 Å². The summed E-state index contributed by atoms with van der Waals surface area (Å²) in [5, 5.41) is 8.52. The molecule has 0 spiro atoms. The highest BCUT2D eigenvalue weighted by Crippen LogP contribution is 2.32. The number of alkyl halides is 3. The van der Waals surface area contributed by atoms with E-state index in [9.17, 15) is 13.2 Å². The number of halogens is 3. The standard InChI is InChI=1S/C19H22F3N3S2/c1-13(17(16-8-5-11-27-16)25-9-2-3-10-25)23-18(26)24-15-7-4-6-14(12-15)19(20,21)22/h4-8,11-13,17H,2-3,9-10H2,1H3,(H2,23,24,26)/t13-,17-/m1/s1. The van der Waals surface area contributed by atoms with Crippen LogP contribution in [-0.4, -0.2) is 29.1 Å². The molecule has 1 aromatic carbocycles. The number of likely N-dealkylation sites (tertiary alicyclic amines) is 1. The molecule has 0 radical (unpaired) electrons. The number of anilines is 1. The summed E-state index contributed by atoms with van der Waals surface area (Å²) < 4.78 is 38.6. The second-order valence-electron chi connectivity index (χ2n) is 6.67. The van der Waals surface area contributed by atoms with Gasteiger partial charge in [0.2, 0.25) is 0 Å². The van der Waals surface area contributed by atoms with E-state index in [1.807, 2.05) is 6.07 Å². The third-order valence-electron chi connectivity index (χ3n) is 4.65. The average molecular weight is 414 g/mol. The van der Waals surface area contributed by atoms with Crippen LogP contribution in [-0.2, 0) is 6.18 Å². The molecule has 146 valence electrons. The first-order valence-corrected chi connectivity index (χ1v) is 10.2. The molecular weight excluding hydrogens is 391 g/mol. The van der Waals surface area contributed by atoms with Gasteiger partial charge in [0.25, 0.3) is 0 Å². The van der Waals surface area contributed by atoms with E-state index in [1.54, 1.807) is 17.4 Å². The van der Waals surface area contributed by atoms with Crippen LogP contribution < -0.4 is 10.6 Å². The van der Waals surface area contributed by atoms with Crippen molar-refractivity contribution < 1.29 is 13.2 Å². The van der Waals surface area contributed by atoms with Gasteiger partial charge < -0.3 is 10.6 Å². The minimum absolute atomic E-state index is 0.0209. The van der Waals surface area contributed by atoms with Crippen LogP contribution in [0.1, 0.15) is 36.2 Å². The summed E-state index contributed by atoms with van der Waals surface area (Å²) in [5.74, 6) is 0. The van der Waals surface area contributed by atoms with Crippen molar-refractivity contribution in [3.8, 4) is 0 Å². The van der Waals surface area contributed by atoms with Crippen LogP contribution >= 0.6 is 23.6 Å². The molecule has 0 bridgehead atoms. The van der Waals surface area contributed by atoms with Gasteiger partial charge in [-0.3, -0.25) is 4.90 Å². The van der Waals surface area contributed by atoms with E-state index < -0.39 is 11.7 Å². The van der Waals surface area contributed by atoms with E-state index >= 15 is 0 Å². The van der Waals surface area contributed by atoms with Gasteiger partial charge in [0.1, 0.15) is 0 Å². The molecule has 2 aromatic rings. The molecule has 2 atom stereocenters. The Bertz CT molecular complexity index is 756. The zero-order chi connectivity index (χ0) is 19.4. The van der Waals surface area contributed by atoms with E-state index in [4.69, 9.17) is 12.2 Å². The molecular formula is C19H22F3N3S2. The van der Waals surface area contributed by atoms with Crippen LogP contribution in [0.15, 0.2) is 41.8 Å². The minimum atomic E-state index is -4.37. The summed E-state index contributed by atoms with van der Waals surface area (Å²) in [7, 11) is 0. The topological polar surface area (TPSA) is 27.3 Å². The lowest BCUT2D eigenvalue weighted by molar-refractivity contribution is -0.137. The molecule has 1 aliphatic rings. The summed E-state index contributed by atoms with van der Waals surface area (Å²) in [4.78, 5) is 3.70. The molecule has 2 N–H and O–H groups in total. The van der Waals surface area contributed by atoms with Gasteiger partial charge in [0.05, 0.1) is 11.6 Å². The Labute approximate surface area is 166 Å². The Morgan fingerprint density at radius 2 is 1.93 bits per heavy atom. The molecule has 0 unspecified atom stereocenters. The fraction of sp³-hybridized carbons (Fsp3) is 0.421. The van der Waals surface area contributed by atoms with Gasteiger partial charge in [-0.15, -0.1) is 11.3 Å². The summed E-state index contributed by atoms with van der Waals surface area (Å²) >= 11 is 7.07. The minimum Gasteiger partial charge on any atom is -0.358 e. The number of hydrogen-bond acceptors (Lipinski definition) is 3. The second-order valence-corrected chi connectivity index (χ2v) is 8.06. The SMILES string of the molecule is C[C@@H](NC(=S)Nc1cccc(C(F)(F)F)c1)[C@H](c1cccs1)N1CCCC1.